The zero-order valence-electron chi connectivity index (χ0n) is 9.84. The van der Waals surface area contributed by atoms with Crippen molar-refractivity contribution in [3.63, 3.8) is 0 Å². The molecule has 17 heavy (non-hydrogen) atoms. The van der Waals surface area contributed by atoms with Crippen molar-refractivity contribution in [2.75, 3.05) is 26.7 Å². The fraction of sp³-hybridized carbons (Fsp3) is 0.700. The van der Waals surface area contributed by atoms with Crippen LogP contribution in [-0.4, -0.2) is 42.7 Å². The highest BCUT2D eigenvalue weighted by atomic mass is 32.1. The quantitative estimate of drug-likeness (QED) is 0.799. The first-order valence-electron chi connectivity index (χ1n) is 5.24. The Morgan fingerprint density at radius 2 is 2.18 bits per heavy atom. The molecule has 0 aromatic carbocycles. The van der Waals surface area contributed by atoms with Crippen molar-refractivity contribution in [1.29, 1.82) is 0 Å². The molecule has 0 radical (unpaired) electrons. The van der Waals surface area contributed by atoms with Gasteiger partial charge >= 0.3 is 6.18 Å². The van der Waals surface area contributed by atoms with Gasteiger partial charge in [-0.3, -0.25) is 4.90 Å². The van der Waals surface area contributed by atoms with Gasteiger partial charge in [-0.1, -0.05) is 0 Å². The van der Waals surface area contributed by atoms with E-state index < -0.39 is 12.7 Å². The van der Waals surface area contributed by atoms with Crippen molar-refractivity contribution in [2.45, 2.75) is 19.6 Å². The average molecular weight is 267 g/mol. The molecule has 3 nitrogen and oxygen atoms in total. The average Bonchev–Trinajstić information content (AvgIpc) is 2.57. The van der Waals surface area contributed by atoms with Gasteiger partial charge in [0.1, 0.15) is 0 Å². The van der Waals surface area contributed by atoms with Gasteiger partial charge in [-0.25, -0.2) is 4.98 Å². The number of aromatic nitrogens is 1. The number of nitrogens with one attached hydrogen (secondary N) is 1. The van der Waals surface area contributed by atoms with E-state index in [1.807, 2.05) is 24.3 Å². The van der Waals surface area contributed by atoms with Gasteiger partial charge in [-0.2, -0.15) is 13.2 Å². The molecule has 0 amide bonds. The molecule has 1 rings (SSSR count). The Hall–Kier alpha value is -0.660. The van der Waals surface area contributed by atoms with Crippen molar-refractivity contribution in [3.8, 4) is 0 Å². The van der Waals surface area contributed by atoms with Crippen LogP contribution in [0.4, 0.5) is 13.2 Å². The minimum absolute atomic E-state index is 0.319. The Labute approximate surface area is 103 Å². The van der Waals surface area contributed by atoms with Crippen LogP contribution in [0.5, 0.6) is 0 Å². The molecule has 98 valence electrons. The number of halogens is 3. The molecule has 0 atom stereocenters. The van der Waals surface area contributed by atoms with E-state index in [0.29, 0.717) is 19.6 Å². The van der Waals surface area contributed by atoms with Gasteiger partial charge in [-0.05, 0) is 14.0 Å². The molecule has 0 saturated carbocycles. The van der Waals surface area contributed by atoms with Crippen LogP contribution in [0, 0.1) is 6.92 Å². The molecular weight excluding hydrogens is 251 g/mol. The van der Waals surface area contributed by atoms with Gasteiger partial charge in [0.2, 0.25) is 0 Å². The van der Waals surface area contributed by atoms with E-state index in [1.54, 1.807) is 11.3 Å². The summed E-state index contributed by atoms with van der Waals surface area (Å²) in [6, 6.07) is 0. The summed E-state index contributed by atoms with van der Waals surface area (Å²) in [5, 5.41) is 5.33. The standard InChI is InChI=1S/C10H16F3N3S/c1-8-15-9(6-17-8)5-16(2)4-3-14-7-10(11,12)13/h6,14H,3-5,7H2,1-2H3. The molecule has 0 fully saturated rings. The zero-order valence-corrected chi connectivity index (χ0v) is 10.7. The number of thiazole rings is 1. The minimum atomic E-state index is -4.13. The molecule has 1 heterocycles. The summed E-state index contributed by atoms with van der Waals surface area (Å²) < 4.78 is 35.5. The third kappa shape index (κ3) is 6.60. The summed E-state index contributed by atoms with van der Waals surface area (Å²) in [5.41, 5.74) is 0.964. The van der Waals surface area contributed by atoms with Crippen molar-refractivity contribution in [1.82, 2.24) is 15.2 Å². The second-order valence-corrected chi connectivity index (χ2v) is 4.95. The fourth-order valence-electron chi connectivity index (χ4n) is 1.34. The third-order valence-electron chi connectivity index (χ3n) is 2.09. The molecule has 0 unspecified atom stereocenters. The predicted molar refractivity (Wildman–Crippen MR) is 62.1 cm³/mol. The van der Waals surface area contributed by atoms with E-state index in [4.69, 9.17) is 0 Å². The number of likely N-dealkylation sites (N-methyl/N-ethyl adjacent to an activating group) is 1. The van der Waals surface area contributed by atoms with Gasteiger partial charge < -0.3 is 5.32 Å². The van der Waals surface area contributed by atoms with Gasteiger partial charge in [0.25, 0.3) is 0 Å². The van der Waals surface area contributed by atoms with Gasteiger partial charge in [0, 0.05) is 25.0 Å². The summed E-state index contributed by atoms with van der Waals surface area (Å²) >= 11 is 1.58. The highest BCUT2D eigenvalue weighted by Gasteiger charge is 2.25. The lowest BCUT2D eigenvalue weighted by Crippen LogP contribution is -2.34. The van der Waals surface area contributed by atoms with Crippen LogP contribution in [0.25, 0.3) is 0 Å². The first kappa shape index (κ1) is 14.4. The van der Waals surface area contributed by atoms with Crippen molar-refractivity contribution in [2.24, 2.45) is 0 Å². The first-order valence-corrected chi connectivity index (χ1v) is 6.12. The van der Waals surface area contributed by atoms with Crippen LogP contribution < -0.4 is 5.32 Å². The van der Waals surface area contributed by atoms with Gasteiger partial charge in [0.05, 0.1) is 17.2 Å². The number of nitrogens with zero attached hydrogens (tertiary/aromatic N) is 2. The number of aryl methyl sites for hydroxylation is 1. The zero-order chi connectivity index (χ0) is 12.9. The van der Waals surface area contributed by atoms with E-state index in [-0.39, 0.29) is 0 Å². The number of rotatable bonds is 6. The molecule has 0 spiro atoms. The predicted octanol–water partition coefficient (Wildman–Crippen LogP) is 2.04. The summed E-state index contributed by atoms with van der Waals surface area (Å²) in [6.45, 7) is 2.54. The smallest absolute Gasteiger partial charge is 0.307 e. The van der Waals surface area contributed by atoms with Gasteiger partial charge in [-0.15, -0.1) is 11.3 Å². The number of alkyl halides is 3. The monoisotopic (exact) mass is 267 g/mol. The lowest BCUT2D eigenvalue weighted by atomic mass is 10.4. The largest absolute Gasteiger partial charge is 0.401 e. The Kier molecular flexibility index (Phi) is 5.35. The van der Waals surface area contributed by atoms with Crippen LogP contribution in [0.2, 0.25) is 0 Å². The molecular formula is C10H16F3N3S. The Bertz CT molecular complexity index is 338. The maximum Gasteiger partial charge on any atom is 0.401 e. The van der Waals surface area contributed by atoms with Crippen molar-refractivity contribution < 1.29 is 13.2 Å². The highest BCUT2D eigenvalue weighted by Crippen LogP contribution is 2.12. The van der Waals surface area contributed by atoms with E-state index in [0.717, 1.165) is 10.7 Å². The van der Waals surface area contributed by atoms with Crippen LogP contribution in [0.1, 0.15) is 10.7 Å². The van der Waals surface area contributed by atoms with E-state index in [9.17, 15) is 13.2 Å². The Morgan fingerprint density at radius 1 is 1.47 bits per heavy atom. The normalized spacial score (nSPS) is 12.4. The van der Waals surface area contributed by atoms with Crippen LogP contribution >= 0.6 is 11.3 Å². The molecule has 1 aromatic rings. The minimum Gasteiger partial charge on any atom is -0.307 e. The molecule has 0 aliphatic rings. The molecule has 0 aliphatic heterocycles. The van der Waals surface area contributed by atoms with E-state index >= 15 is 0 Å². The highest BCUT2D eigenvalue weighted by molar-refractivity contribution is 7.09. The number of hydrogen-bond donors (Lipinski definition) is 1. The summed E-state index contributed by atoms with van der Waals surface area (Å²) in [6.07, 6.45) is -4.13. The van der Waals surface area contributed by atoms with Crippen LogP contribution in [0.15, 0.2) is 5.38 Å². The second-order valence-electron chi connectivity index (χ2n) is 3.89. The van der Waals surface area contributed by atoms with Crippen LogP contribution in [0.3, 0.4) is 0 Å². The lowest BCUT2D eigenvalue weighted by molar-refractivity contribution is -0.124. The number of hydrogen-bond acceptors (Lipinski definition) is 4. The maximum atomic E-state index is 11.8. The van der Waals surface area contributed by atoms with Crippen molar-refractivity contribution in [3.05, 3.63) is 16.1 Å². The summed E-state index contributed by atoms with van der Waals surface area (Å²) in [5.74, 6) is 0. The Morgan fingerprint density at radius 3 is 2.71 bits per heavy atom. The topological polar surface area (TPSA) is 28.2 Å². The molecule has 1 N–H and O–H groups in total. The third-order valence-corrected chi connectivity index (χ3v) is 2.92. The summed E-state index contributed by atoms with van der Waals surface area (Å²) in [4.78, 5) is 6.24. The van der Waals surface area contributed by atoms with E-state index in [1.165, 1.54) is 0 Å². The first-order chi connectivity index (χ1) is 7.87. The molecule has 0 saturated heterocycles. The summed E-state index contributed by atoms with van der Waals surface area (Å²) in [7, 11) is 1.87. The Balaban J connectivity index is 2.15. The fourth-order valence-corrected chi connectivity index (χ4v) is 1.94. The molecule has 0 aliphatic carbocycles. The van der Waals surface area contributed by atoms with Crippen LogP contribution in [-0.2, 0) is 6.54 Å². The lowest BCUT2D eigenvalue weighted by Gasteiger charge is -2.16. The maximum absolute atomic E-state index is 11.8. The molecule has 1 aromatic heterocycles. The van der Waals surface area contributed by atoms with Crippen molar-refractivity contribution >= 4 is 11.3 Å². The SMILES string of the molecule is Cc1nc(CN(C)CCNCC(F)(F)F)cs1. The molecule has 7 heteroatoms. The van der Waals surface area contributed by atoms with Gasteiger partial charge in [0.15, 0.2) is 0 Å². The second kappa shape index (κ2) is 6.32. The van der Waals surface area contributed by atoms with E-state index in [2.05, 4.69) is 10.3 Å². The molecule has 0 bridgehead atoms.